The van der Waals surface area contributed by atoms with Crippen molar-refractivity contribution in [3.8, 4) is 0 Å². The van der Waals surface area contributed by atoms with E-state index >= 15 is 0 Å². The number of fused-ring (bicyclic) bond motifs is 2. The third kappa shape index (κ3) is 2.82. The zero-order chi connectivity index (χ0) is 21.7. The summed E-state index contributed by atoms with van der Waals surface area (Å²) in [6.07, 6.45) is 2.32. The molecule has 2 heterocycles. The van der Waals surface area contributed by atoms with Crippen molar-refractivity contribution in [2.45, 2.75) is 50.6 Å². The normalized spacial score (nSPS) is 27.9. The number of amides is 7. The molecule has 1 aromatic rings. The predicted octanol–water partition coefficient (Wildman–Crippen LogP) is 0.522. The first-order valence-electron chi connectivity index (χ1n) is 9.90. The van der Waals surface area contributed by atoms with Gasteiger partial charge >= 0.3 is 12.1 Å². The number of hydrogen-bond acceptors (Lipinski definition) is 5. The Kier molecular flexibility index (Phi) is 4.52. The van der Waals surface area contributed by atoms with Gasteiger partial charge in [0.25, 0.3) is 17.7 Å². The molecule has 1 aliphatic carbocycles. The van der Waals surface area contributed by atoms with Crippen LogP contribution in [0.3, 0.4) is 0 Å². The minimum Gasteiger partial charge on any atom is -0.322 e. The van der Waals surface area contributed by atoms with Gasteiger partial charge in [-0.3, -0.25) is 24.7 Å². The first-order chi connectivity index (χ1) is 14.2. The van der Waals surface area contributed by atoms with E-state index in [0.29, 0.717) is 17.9 Å². The van der Waals surface area contributed by atoms with Gasteiger partial charge in [0.05, 0.1) is 0 Å². The molecule has 3 N–H and O–H groups in total. The van der Waals surface area contributed by atoms with Crippen molar-refractivity contribution in [1.82, 2.24) is 26.0 Å². The number of imide groups is 2. The summed E-state index contributed by atoms with van der Waals surface area (Å²) >= 11 is 0. The molecular formula is C20H23N5O5. The van der Waals surface area contributed by atoms with Crippen molar-refractivity contribution in [1.29, 1.82) is 0 Å². The number of nitrogens with zero attached hydrogens (tertiary/aromatic N) is 2. The second kappa shape index (κ2) is 6.82. The average Bonchev–Trinajstić information content (AvgIpc) is 3.08. The number of carbonyl (C=O) groups is 5. The highest BCUT2D eigenvalue weighted by molar-refractivity contribution is 6.11. The van der Waals surface area contributed by atoms with Gasteiger partial charge in [0.2, 0.25) is 0 Å². The molecule has 0 aromatic heterocycles. The van der Waals surface area contributed by atoms with E-state index in [-0.39, 0.29) is 0 Å². The third-order valence-electron chi connectivity index (χ3n) is 6.16. The molecule has 0 saturated carbocycles. The molecule has 0 bridgehead atoms. The molecule has 3 aliphatic rings. The highest BCUT2D eigenvalue weighted by Gasteiger charge is 2.54. The van der Waals surface area contributed by atoms with Crippen molar-refractivity contribution < 1.29 is 24.0 Å². The number of hydrogen-bond donors (Lipinski definition) is 3. The van der Waals surface area contributed by atoms with Gasteiger partial charge in [-0.05, 0) is 43.7 Å². The lowest BCUT2D eigenvalue weighted by atomic mass is 9.76. The van der Waals surface area contributed by atoms with Crippen LogP contribution in [0.4, 0.5) is 9.59 Å². The van der Waals surface area contributed by atoms with Gasteiger partial charge in [-0.1, -0.05) is 31.2 Å². The van der Waals surface area contributed by atoms with Crippen LogP contribution >= 0.6 is 0 Å². The molecule has 7 amide bonds. The summed E-state index contributed by atoms with van der Waals surface area (Å²) in [5, 5.41) is 5.87. The molecule has 30 heavy (non-hydrogen) atoms. The maximum atomic E-state index is 13.2. The van der Waals surface area contributed by atoms with Crippen molar-refractivity contribution >= 4 is 29.8 Å². The molecule has 1 spiro atoms. The number of carbonyl (C=O) groups excluding carboxylic acids is 5. The Morgan fingerprint density at radius 1 is 1.10 bits per heavy atom. The molecule has 0 unspecified atom stereocenters. The molecule has 10 nitrogen and oxygen atoms in total. The van der Waals surface area contributed by atoms with Crippen molar-refractivity contribution in [2.24, 2.45) is 0 Å². The van der Waals surface area contributed by atoms with E-state index in [0.717, 1.165) is 28.9 Å². The van der Waals surface area contributed by atoms with Crippen LogP contribution in [0, 0.1) is 0 Å². The lowest BCUT2D eigenvalue weighted by Crippen LogP contribution is -2.52. The number of hydrazine groups is 1. The lowest BCUT2D eigenvalue weighted by molar-refractivity contribution is -0.140. The van der Waals surface area contributed by atoms with Gasteiger partial charge < -0.3 is 10.6 Å². The Bertz CT molecular complexity index is 978. The number of rotatable bonds is 4. The van der Waals surface area contributed by atoms with Crippen LogP contribution in [0.5, 0.6) is 0 Å². The molecule has 10 heteroatoms. The number of benzene rings is 1. The smallest absolute Gasteiger partial charge is 0.322 e. The van der Waals surface area contributed by atoms with E-state index < -0.39 is 47.4 Å². The van der Waals surface area contributed by atoms with E-state index in [2.05, 4.69) is 16.1 Å². The molecule has 158 valence electrons. The SMILES string of the molecule is CC[C@@]1(C)NC(=O)N(NC(=O)CN2C(=O)N[C@@]3(CCCc4ccccc43)C2=O)C1=O. The predicted molar refractivity (Wildman–Crippen MR) is 104 cm³/mol. The van der Waals surface area contributed by atoms with Gasteiger partial charge in [-0.15, -0.1) is 0 Å². The van der Waals surface area contributed by atoms with Crippen LogP contribution in [0.15, 0.2) is 24.3 Å². The zero-order valence-corrected chi connectivity index (χ0v) is 16.8. The number of urea groups is 2. The Hall–Kier alpha value is -3.43. The zero-order valence-electron chi connectivity index (χ0n) is 16.8. The fourth-order valence-corrected chi connectivity index (χ4v) is 4.28. The van der Waals surface area contributed by atoms with Crippen molar-refractivity contribution in [3.05, 3.63) is 35.4 Å². The number of nitrogens with one attached hydrogen (secondary N) is 3. The third-order valence-corrected chi connectivity index (χ3v) is 6.16. The quantitative estimate of drug-likeness (QED) is 0.620. The summed E-state index contributed by atoms with van der Waals surface area (Å²) in [6, 6.07) is 5.99. The van der Waals surface area contributed by atoms with Gasteiger partial charge in [0.15, 0.2) is 0 Å². The van der Waals surface area contributed by atoms with Gasteiger partial charge in [0.1, 0.15) is 17.6 Å². The van der Waals surface area contributed by atoms with E-state index in [1.165, 1.54) is 0 Å². The van der Waals surface area contributed by atoms with Crippen LogP contribution in [0.25, 0.3) is 0 Å². The first-order valence-corrected chi connectivity index (χ1v) is 9.90. The molecule has 2 fully saturated rings. The standard InChI is InChI=1S/C20H23N5O5/c1-3-19(2)15(27)25(18(30)21-19)23-14(26)11-24-16(28)20(22-17(24)29)10-6-8-12-7-4-5-9-13(12)20/h4-5,7,9H,3,6,8,10-11H2,1-2H3,(H,21,30)(H,22,29)(H,23,26)/t19-,20-/m1/s1. The largest absolute Gasteiger partial charge is 0.344 e. The van der Waals surface area contributed by atoms with Crippen molar-refractivity contribution in [2.75, 3.05) is 6.54 Å². The van der Waals surface area contributed by atoms with Crippen LogP contribution in [0.1, 0.15) is 44.2 Å². The second-order valence-corrected chi connectivity index (χ2v) is 8.03. The van der Waals surface area contributed by atoms with Crippen LogP contribution in [-0.4, -0.2) is 51.8 Å². The molecule has 2 saturated heterocycles. The van der Waals surface area contributed by atoms with Crippen LogP contribution < -0.4 is 16.1 Å². The van der Waals surface area contributed by atoms with E-state index in [1.54, 1.807) is 13.8 Å². The molecule has 1 aromatic carbocycles. The molecule has 4 rings (SSSR count). The van der Waals surface area contributed by atoms with Gasteiger partial charge in [0, 0.05) is 0 Å². The minimum absolute atomic E-state index is 0.346. The Morgan fingerprint density at radius 3 is 2.53 bits per heavy atom. The highest BCUT2D eigenvalue weighted by Crippen LogP contribution is 2.39. The Labute approximate surface area is 172 Å². The van der Waals surface area contributed by atoms with Gasteiger partial charge in [-0.2, -0.15) is 5.01 Å². The van der Waals surface area contributed by atoms with E-state index in [1.807, 2.05) is 24.3 Å². The second-order valence-electron chi connectivity index (χ2n) is 8.03. The summed E-state index contributed by atoms with van der Waals surface area (Å²) in [4.78, 5) is 63.6. The Morgan fingerprint density at radius 2 is 1.83 bits per heavy atom. The monoisotopic (exact) mass is 413 g/mol. The summed E-state index contributed by atoms with van der Waals surface area (Å²) < 4.78 is 0. The topological polar surface area (TPSA) is 128 Å². The lowest BCUT2D eigenvalue weighted by Gasteiger charge is -2.33. The van der Waals surface area contributed by atoms with E-state index in [9.17, 15) is 24.0 Å². The molecular weight excluding hydrogens is 390 g/mol. The maximum absolute atomic E-state index is 13.2. The molecule has 2 aliphatic heterocycles. The highest BCUT2D eigenvalue weighted by atomic mass is 16.2. The summed E-state index contributed by atoms with van der Waals surface area (Å²) in [7, 11) is 0. The molecule has 2 atom stereocenters. The van der Waals surface area contributed by atoms with Crippen LogP contribution in [-0.2, 0) is 26.3 Å². The maximum Gasteiger partial charge on any atom is 0.344 e. The number of aryl methyl sites for hydroxylation is 1. The average molecular weight is 413 g/mol. The fourth-order valence-electron chi connectivity index (χ4n) is 4.28. The first kappa shape index (κ1) is 19.9. The molecule has 0 radical (unpaired) electrons. The summed E-state index contributed by atoms with van der Waals surface area (Å²) in [5.74, 6) is -1.92. The van der Waals surface area contributed by atoms with Crippen molar-refractivity contribution in [3.63, 3.8) is 0 Å². The Balaban J connectivity index is 1.51. The summed E-state index contributed by atoms with van der Waals surface area (Å²) in [5.41, 5.74) is 1.64. The minimum atomic E-state index is -1.19. The van der Waals surface area contributed by atoms with E-state index in [4.69, 9.17) is 0 Å². The van der Waals surface area contributed by atoms with Gasteiger partial charge in [-0.25, -0.2) is 9.59 Å². The fraction of sp³-hybridized carbons (Fsp3) is 0.450. The van der Waals surface area contributed by atoms with Crippen LogP contribution in [0.2, 0.25) is 0 Å². The summed E-state index contributed by atoms with van der Waals surface area (Å²) in [6.45, 7) is 2.69.